The molecule has 3 rings (SSSR count). The maximum Gasteiger partial charge on any atom is 0.323 e. The van der Waals surface area contributed by atoms with E-state index < -0.39 is 23.2 Å². The number of rotatable bonds is 5. The lowest BCUT2D eigenvalue weighted by Gasteiger charge is -2.14. The second-order valence-electron chi connectivity index (χ2n) is 5.38. The monoisotopic (exact) mass is 336 g/mol. The Bertz CT molecular complexity index is 979. The summed E-state index contributed by atoms with van der Waals surface area (Å²) in [4.78, 5) is 44.6. The fourth-order valence-electron chi connectivity index (χ4n) is 2.58. The molecule has 1 unspecified atom stereocenters. The fourth-order valence-corrected chi connectivity index (χ4v) is 2.58. The molecule has 0 spiro atoms. The first-order valence-electron chi connectivity index (χ1n) is 7.86. The topological polar surface area (TPSA) is 89.1 Å². The summed E-state index contributed by atoms with van der Waals surface area (Å²) in [7, 11) is 0. The first kappa shape index (κ1) is 16.6. The molecule has 126 valence electrons. The quantitative estimate of drug-likeness (QED) is 0.439. The van der Waals surface area contributed by atoms with Crippen LogP contribution >= 0.6 is 0 Å². The van der Waals surface area contributed by atoms with E-state index in [1.807, 2.05) is 0 Å². The molecule has 0 aliphatic rings. The number of Topliss-reactive ketones (excluding diaryl/α,β-unsaturated/α-hetero) is 1. The van der Waals surface area contributed by atoms with Gasteiger partial charge in [-0.1, -0.05) is 42.5 Å². The average molecular weight is 336 g/mol. The van der Waals surface area contributed by atoms with Crippen molar-refractivity contribution in [3.05, 3.63) is 76.2 Å². The summed E-state index contributed by atoms with van der Waals surface area (Å²) in [6.45, 7) is 1.74. The highest BCUT2D eigenvalue weighted by Crippen LogP contribution is 2.20. The maximum absolute atomic E-state index is 12.9. The Morgan fingerprint density at radius 2 is 1.76 bits per heavy atom. The van der Waals surface area contributed by atoms with E-state index in [0.717, 1.165) is 0 Å². The van der Waals surface area contributed by atoms with Gasteiger partial charge in [-0.05, 0) is 19.1 Å². The van der Waals surface area contributed by atoms with Crippen molar-refractivity contribution in [1.82, 2.24) is 9.97 Å². The van der Waals surface area contributed by atoms with E-state index >= 15 is 0 Å². The van der Waals surface area contributed by atoms with Crippen molar-refractivity contribution in [2.45, 2.75) is 12.8 Å². The number of benzene rings is 2. The van der Waals surface area contributed by atoms with Crippen LogP contribution in [0.5, 0.6) is 0 Å². The summed E-state index contributed by atoms with van der Waals surface area (Å²) >= 11 is 0. The van der Waals surface area contributed by atoms with Crippen molar-refractivity contribution in [3.63, 3.8) is 0 Å². The molecular formula is C19H16N2O4. The third-order valence-corrected chi connectivity index (χ3v) is 3.74. The summed E-state index contributed by atoms with van der Waals surface area (Å²) in [5.74, 6) is -2.72. The SMILES string of the molecule is CCOC(=O)C(C(=O)c1ccccc1)c1nc2ccccc2[nH]c1=O. The normalized spacial score (nSPS) is 11.9. The van der Waals surface area contributed by atoms with E-state index in [2.05, 4.69) is 9.97 Å². The van der Waals surface area contributed by atoms with Gasteiger partial charge in [-0.2, -0.15) is 0 Å². The van der Waals surface area contributed by atoms with Gasteiger partial charge in [0.15, 0.2) is 11.7 Å². The number of nitrogens with zero attached hydrogens (tertiary/aromatic N) is 1. The van der Waals surface area contributed by atoms with Crippen molar-refractivity contribution in [2.24, 2.45) is 0 Å². The summed E-state index contributed by atoms with van der Waals surface area (Å²) in [5, 5.41) is 0. The van der Waals surface area contributed by atoms with Crippen molar-refractivity contribution in [3.8, 4) is 0 Å². The molecule has 1 aromatic heterocycles. The number of hydrogen-bond acceptors (Lipinski definition) is 5. The minimum absolute atomic E-state index is 0.100. The van der Waals surface area contributed by atoms with E-state index in [4.69, 9.17) is 4.74 Å². The second-order valence-corrected chi connectivity index (χ2v) is 5.38. The largest absolute Gasteiger partial charge is 0.465 e. The molecule has 0 bridgehead atoms. The lowest BCUT2D eigenvalue weighted by molar-refractivity contribution is -0.143. The van der Waals surface area contributed by atoms with Crippen LogP contribution in [0.15, 0.2) is 59.4 Å². The van der Waals surface area contributed by atoms with Gasteiger partial charge in [0, 0.05) is 5.56 Å². The molecule has 1 N–H and O–H groups in total. The van der Waals surface area contributed by atoms with Crippen molar-refractivity contribution in [1.29, 1.82) is 0 Å². The number of carbonyl (C=O) groups is 2. The van der Waals surface area contributed by atoms with Gasteiger partial charge < -0.3 is 9.72 Å². The first-order valence-corrected chi connectivity index (χ1v) is 7.86. The Balaban J connectivity index is 2.15. The lowest BCUT2D eigenvalue weighted by Crippen LogP contribution is -2.31. The van der Waals surface area contributed by atoms with Gasteiger partial charge in [-0.25, -0.2) is 4.98 Å². The van der Waals surface area contributed by atoms with Crippen LogP contribution in [-0.4, -0.2) is 28.3 Å². The van der Waals surface area contributed by atoms with Gasteiger partial charge in [0.1, 0.15) is 5.69 Å². The lowest BCUT2D eigenvalue weighted by atomic mass is 9.94. The highest BCUT2D eigenvalue weighted by atomic mass is 16.5. The number of nitrogens with one attached hydrogen (secondary N) is 1. The molecule has 1 heterocycles. The zero-order valence-electron chi connectivity index (χ0n) is 13.6. The van der Waals surface area contributed by atoms with Crippen LogP contribution in [0.25, 0.3) is 11.0 Å². The number of aromatic amines is 1. The number of esters is 1. The molecule has 2 aromatic carbocycles. The fraction of sp³-hybridized carbons (Fsp3) is 0.158. The number of aromatic nitrogens is 2. The zero-order valence-corrected chi connectivity index (χ0v) is 13.6. The van der Waals surface area contributed by atoms with Gasteiger partial charge in [0.25, 0.3) is 5.56 Å². The predicted molar refractivity (Wildman–Crippen MR) is 92.5 cm³/mol. The summed E-state index contributed by atoms with van der Waals surface area (Å²) in [5.41, 5.74) is 0.597. The molecule has 0 saturated carbocycles. The van der Waals surface area contributed by atoms with E-state index in [-0.39, 0.29) is 12.3 Å². The van der Waals surface area contributed by atoms with Crippen LogP contribution in [0.1, 0.15) is 28.9 Å². The molecule has 0 aliphatic carbocycles. The Labute approximate surface area is 143 Å². The smallest absolute Gasteiger partial charge is 0.323 e. The highest BCUT2D eigenvalue weighted by Gasteiger charge is 2.34. The summed E-state index contributed by atoms with van der Waals surface area (Å²) in [6, 6.07) is 15.2. The Morgan fingerprint density at radius 1 is 1.08 bits per heavy atom. The first-order chi connectivity index (χ1) is 12.1. The van der Waals surface area contributed by atoms with E-state index in [1.165, 1.54) is 0 Å². The molecule has 1 atom stereocenters. The second kappa shape index (κ2) is 7.09. The average Bonchev–Trinajstić information content (AvgIpc) is 2.63. The number of hydrogen-bond donors (Lipinski definition) is 1. The Kier molecular flexibility index (Phi) is 4.70. The number of ether oxygens (including phenoxy) is 1. The molecule has 25 heavy (non-hydrogen) atoms. The van der Waals surface area contributed by atoms with Crippen LogP contribution < -0.4 is 5.56 Å². The number of ketones is 1. The highest BCUT2D eigenvalue weighted by molar-refractivity contribution is 6.12. The van der Waals surface area contributed by atoms with Crippen molar-refractivity contribution in [2.75, 3.05) is 6.61 Å². The molecule has 0 aliphatic heterocycles. The van der Waals surface area contributed by atoms with Crippen molar-refractivity contribution >= 4 is 22.8 Å². The standard InChI is InChI=1S/C19H16N2O4/c1-2-25-19(24)15(17(22)12-8-4-3-5-9-12)16-18(23)21-14-11-7-6-10-13(14)20-16/h3-11,15H,2H2,1H3,(H,21,23). The number of para-hydroxylation sites is 2. The summed E-state index contributed by atoms with van der Waals surface area (Å²) in [6.07, 6.45) is 0. The van der Waals surface area contributed by atoms with Gasteiger partial charge in [-0.15, -0.1) is 0 Å². The van der Waals surface area contributed by atoms with E-state index in [1.54, 1.807) is 61.5 Å². The van der Waals surface area contributed by atoms with Crippen LogP contribution in [0, 0.1) is 0 Å². The molecule has 6 nitrogen and oxygen atoms in total. The van der Waals surface area contributed by atoms with E-state index in [0.29, 0.717) is 16.6 Å². The van der Waals surface area contributed by atoms with Crippen LogP contribution in [0.2, 0.25) is 0 Å². The van der Waals surface area contributed by atoms with Gasteiger partial charge in [-0.3, -0.25) is 14.4 Å². The van der Waals surface area contributed by atoms with E-state index in [9.17, 15) is 14.4 Å². The third kappa shape index (κ3) is 3.33. The van der Waals surface area contributed by atoms with Crippen LogP contribution in [0.3, 0.4) is 0 Å². The predicted octanol–water partition coefficient (Wildman–Crippen LogP) is 2.45. The molecule has 0 fully saturated rings. The number of carbonyl (C=O) groups excluding carboxylic acids is 2. The molecule has 0 radical (unpaired) electrons. The molecule has 6 heteroatoms. The summed E-state index contributed by atoms with van der Waals surface area (Å²) < 4.78 is 5.02. The molecular weight excluding hydrogens is 320 g/mol. The van der Waals surface area contributed by atoms with Gasteiger partial charge >= 0.3 is 5.97 Å². The Morgan fingerprint density at radius 3 is 2.48 bits per heavy atom. The zero-order chi connectivity index (χ0) is 17.8. The third-order valence-electron chi connectivity index (χ3n) is 3.74. The van der Waals surface area contributed by atoms with Gasteiger partial charge in [0.05, 0.1) is 17.6 Å². The molecule has 3 aromatic rings. The molecule has 0 amide bonds. The number of H-pyrrole nitrogens is 1. The Hall–Kier alpha value is -3.28. The van der Waals surface area contributed by atoms with Gasteiger partial charge in [0.2, 0.25) is 0 Å². The molecule has 0 saturated heterocycles. The maximum atomic E-state index is 12.9. The van der Waals surface area contributed by atoms with Crippen LogP contribution in [-0.2, 0) is 9.53 Å². The minimum Gasteiger partial charge on any atom is -0.465 e. The van der Waals surface area contributed by atoms with Crippen LogP contribution in [0.4, 0.5) is 0 Å². The van der Waals surface area contributed by atoms with Crippen molar-refractivity contribution < 1.29 is 14.3 Å². The number of fused-ring (bicyclic) bond motifs is 1. The minimum atomic E-state index is -1.41.